The smallest absolute Gasteiger partial charge is 0.238 e. The van der Waals surface area contributed by atoms with Crippen LogP contribution in [-0.2, 0) is 10.8 Å². The molecule has 0 N–H and O–H groups in total. The van der Waals surface area contributed by atoms with Crippen molar-refractivity contribution in [2.45, 2.75) is 38.5 Å². The molecule has 10 aromatic rings. The standard InChI is InChI=1S/C51H36N4/c1-50(2)36-23-11-10-19-34(36)42-35(22-13-24-37(42)50)48-52-47(29-15-6-5-7-16-29)53-49(54-48)55-40-26-14-21-33-31-18-9-8-17-30(31)32-20-12-25-38-43(32)45-39(51(38,3)4)27-28-41(55)46(45)44(33)40/h5-28H,1-4H3. The molecule has 12 rings (SSSR count). The molecular formula is C51H36N4. The van der Waals surface area contributed by atoms with Gasteiger partial charge in [0.25, 0.3) is 0 Å². The molecule has 0 fully saturated rings. The Morgan fingerprint density at radius 3 is 1.76 bits per heavy atom. The van der Waals surface area contributed by atoms with Crippen LogP contribution in [0.4, 0.5) is 0 Å². The van der Waals surface area contributed by atoms with E-state index < -0.39 is 0 Å². The summed E-state index contributed by atoms with van der Waals surface area (Å²) in [6.07, 6.45) is 0. The molecule has 2 heterocycles. The first kappa shape index (κ1) is 30.8. The van der Waals surface area contributed by atoms with E-state index in [1.807, 2.05) is 6.07 Å². The zero-order chi connectivity index (χ0) is 36.8. The van der Waals surface area contributed by atoms with E-state index in [1.54, 1.807) is 0 Å². The molecule has 0 saturated carbocycles. The molecule has 4 heteroatoms. The van der Waals surface area contributed by atoms with Gasteiger partial charge in [-0.15, -0.1) is 0 Å². The number of rotatable bonds is 3. The van der Waals surface area contributed by atoms with Gasteiger partial charge in [0.15, 0.2) is 11.6 Å². The van der Waals surface area contributed by atoms with E-state index in [2.05, 4.69) is 172 Å². The minimum Gasteiger partial charge on any atom is -0.278 e. The van der Waals surface area contributed by atoms with Gasteiger partial charge in [-0.05, 0) is 77.8 Å². The van der Waals surface area contributed by atoms with Crippen molar-refractivity contribution in [1.82, 2.24) is 19.5 Å². The molecule has 2 aliphatic rings. The van der Waals surface area contributed by atoms with Gasteiger partial charge in [-0.3, -0.25) is 4.57 Å². The number of nitrogens with zero attached hydrogens (tertiary/aromatic N) is 4. The summed E-state index contributed by atoms with van der Waals surface area (Å²) in [5, 5.41) is 10.2. The first-order chi connectivity index (χ1) is 26.8. The van der Waals surface area contributed by atoms with Crippen molar-refractivity contribution < 1.29 is 0 Å². The third-order valence-electron chi connectivity index (χ3n) is 12.8. The van der Waals surface area contributed by atoms with Crippen LogP contribution >= 0.6 is 0 Å². The van der Waals surface area contributed by atoms with Crippen molar-refractivity contribution in [2.24, 2.45) is 0 Å². The SMILES string of the molecule is CC1(C)c2ccccc2-c2c(-c3nc(-c4ccccc4)nc(-n4c5cccc6c7ccccc7c7cccc8c7c7c(ccc4c7c65)C8(C)C)n3)cccc21. The fourth-order valence-corrected chi connectivity index (χ4v) is 10.3. The van der Waals surface area contributed by atoms with Gasteiger partial charge in [0.05, 0.1) is 11.0 Å². The van der Waals surface area contributed by atoms with Crippen LogP contribution in [0.2, 0.25) is 0 Å². The second-order valence-corrected chi connectivity index (χ2v) is 16.4. The lowest BCUT2D eigenvalue weighted by Crippen LogP contribution is -2.15. The van der Waals surface area contributed by atoms with Crippen LogP contribution in [-0.4, -0.2) is 19.5 Å². The number of benzene rings is 7. The third-order valence-corrected chi connectivity index (χ3v) is 12.8. The minimum absolute atomic E-state index is 0.144. The van der Waals surface area contributed by atoms with Gasteiger partial charge >= 0.3 is 0 Å². The Balaban J connectivity index is 1.26. The summed E-state index contributed by atoms with van der Waals surface area (Å²) < 4.78 is 2.30. The predicted octanol–water partition coefficient (Wildman–Crippen LogP) is 12.7. The lowest BCUT2D eigenvalue weighted by molar-refractivity contribution is 0.660. The molecular weight excluding hydrogens is 669 g/mol. The summed E-state index contributed by atoms with van der Waals surface area (Å²) in [4.78, 5) is 16.1. The lowest BCUT2D eigenvalue weighted by Gasteiger charge is -2.22. The number of hydrogen-bond donors (Lipinski definition) is 0. The van der Waals surface area contributed by atoms with Crippen LogP contribution in [0, 0.1) is 0 Å². The largest absolute Gasteiger partial charge is 0.278 e. The van der Waals surface area contributed by atoms with Crippen LogP contribution in [0.15, 0.2) is 146 Å². The minimum atomic E-state index is -0.157. The van der Waals surface area contributed by atoms with E-state index in [0.29, 0.717) is 17.6 Å². The molecule has 0 spiro atoms. The second kappa shape index (κ2) is 10.5. The molecule has 0 saturated heterocycles. The Morgan fingerprint density at radius 2 is 0.945 bits per heavy atom. The molecule has 0 unspecified atom stereocenters. The molecule has 0 radical (unpaired) electrons. The maximum absolute atomic E-state index is 5.49. The molecule has 4 nitrogen and oxygen atoms in total. The highest BCUT2D eigenvalue weighted by atomic mass is 15.2. The summed E-state index contributed by atoms with van der Waals surface area (Å²) in [5.41, 5.74) is 11.7. The fraction of sp³-hybridized carbons (Fsp3) is 0.118. The zero-order valence-corrected chi connectivity index (χ0v) is 31.1. The molecule has 55 heavy (non-hydrogen) atoms. The van der Waals surface area contributed by atoms with Gasteiger partial charge in [0.2, 0.25) is 5.95 Å². The summed E-state index contributed by atoms with van der Waals surface area (Å²) >= 11 is 0. The molecule has 0 atom stereocenters. The Kier molecular flexibility index (Phi) is 5.88. The highest BCUT2D eigenvalue weighted by Gasteiger charge is 2.38. The molecule has 2 aliphatic carbocycles. The quantitative estimate of drug-likeness (QED) is 0.184. The van der Waals surface area contributed by atoms with Gasteiger partial charge in [-0.2, -0.15) is 9.97 Å². The zero-order valence-electron chi connectivity index (χ0n) is 31.1. The van der Waals surface area contributed by atoms with E-state index >= 15 is 0 Å². The number of aromatic nitrogens is 4. The summed E-state index contributed by atoms with van der Waals surface area (Å²) in [6, 6.07) is 52.9. The van der Waals surface area contributed by atoms with Gasteiger partial charge < -0.3 is 0 Å². The maximum atomic E-state index is 5.49. The van der Waals surface area contributed by atoms with Crippen LogP contribution in [0.3, 0.4) is 0 Å². The topological polar surface area (TPSA) is 43.6 Å². The summed E-state index contributed by atoms with van der Waals surface area (Å²) in [6.45, 7) is 9.39. The van der Waals surface area contributed by atoms with Gasteiger partial charge in [-0.1, -0.05) is 161 Å². The Hall–Kier alpha value is -6.65. The first-order valence-electron chi connectivity index (χ1n) is 19.2. The van der Waals surface area contributed by atoms with Crippen molar-refractivity contribution in [3.63, 3.8) is 0 Å². The van der Waals surface area contributed by atoms with E-state index in [0.717, 1.165) is 22.2 Å². The van der Waals surface area contributed by atoms with E-state index in [9.17, 15) is 0 Å². The van der Waals surface area contributed by atoms with E-state index in [1.165, 1.54) is 76.5 Å². The van der Waals surface area contributed by atoms with Crippen molar-refractivity contribution in [1.29, 1.82) is 0 Å². The van der Waals surface area contributed by atoms with Gasteiger partial charge in [-0.25, -0.2) is 4.98 Å². The van der Waals surface area contributed by atoms with Crippen LogP contribution in [0.5, 0.6) is 0 Å². The molecule has 8 aromatic carbocycles. The normalized spacial score (nSPS) is 14.8. The number of fused-ring (bicyclic) bond motifs is 6. The van der Waals surface area contributed by atoms with Crippen molar-refractivity contribution in [2.75, 3.05) is 0 Å². The highest BCUT2D eigenvalue weighted by molar-refractivity contribution is 6.35. The summed E-state index contributed by atoms with van der Waals surface area (Å²) in [5.74, 6) is 1.94. The Labute approximate surface area is 318 Å². The van der Waals surface area contributed by atoms with Crippen molar-refractivity contribution in [3.05, 3.63) is 168 Å². The lowest BCUT2D eigenvalue weighted by atomic mass is 9.81. The van der Waals surface area contributed by atoms with Crippen LogP contribution in [0.1, 0.15) is 49.9 Å². The second-order valence-electron chi connectivity index (χ2n) is 16.4. The predicted molar refractivity (Wildman–Crippen MR) is 227 cm³/mol. The highest BCUT2D eigenvalue weighted by Crippen LogP contribution is 2.54. The maximum Gasteiger partial charge on any atom is 0.238 e. The molecule has 0 amide bonds. The average molecular weight is 705 g/mol. The average Bonchev–Trinajstić information content (AvgIpc) is 3.78. The van der Waals surface area contributed by atoms with Crippen LogP contribution < -0.4 is 0 Å². The van der Waals surface area contributed by atoms with Crippen LogP contribution in [0.25, 0.3) is 94.0 Å². The molecule has 260 valence electrons. The van der Waals surface area contributed by atoms with E-state index in [4.69, 9.17) is 15.0 Å². The van der Waals surface area contributed by atoms with Crippen molar-refractivity contribution in [3.8, 4) is 39.9 Å². The van der Waals surface area contributed by atoms with E-state index in [-0.39, 0.29) is 10.8 Å². The Morgan fingerprint density at radius 1 is 0.382 bits per heavy atom. The fourth-order valence-electron chi connectivity index (χ4n) is 10.3. The first-order valence-corrected chi connectivity index (χ1v) is 19.2. The molecule has 0 bridgehead atoms. The van der Waals surface area contributed by atoms with Crippen molar-refractivity contribution >= 4 is 54.1 Å². The number of hydrogen-bond acceptors (Lipinski definition) is 3. The van der Waals surface area contributed by atoms with Gasteiger partial charge in [0.1, 0.15) is 0 Å². The molecule has 2 aromatic heterocycles. The van der Waals surface area contributed by atoms with Gasteiger partial charge in [0, 0.05) is 32.7 Å². The Bertz CT molecular complexity index is 3310. The molecule has 0 aliphatic heterocycles. The summed E-state index contributed by atoms with van der Waals surface area (Å²) in [7, 11) is 0. The monoisotopic (exact) mass is 704 g/mol. The third kappa shape index (κ3) is 3.88.